The molecule has 5 nitrogen and oxygen atoms in total. The van der Waals surface area contributed by atoms with E-state index in [0.29, 0.717) is 6.04 Å². The first-order chi connectivity index (χ1) is 9.28. The average molecular weight is 267 g/mol. The zero-order chi connectivity index (χ0) is 13.2. The van der Waals surface area contributed by atoms with Crippen LogP contribution in [-0.2, 0) is 9.53 Å². The molecular formula is C14H25N3O2. The van der Waals surface area contributed by atoms with Crippen LogP contribution in [0.5, 0.6) is 0 Å². The molecule has 0 aliphatic carbocycles. The maximum Gasteiger partial charge on any atom is 0.239 e. The van der Waals surface area contributed by atoms with Gasteiger partial charge in [0.1, 0.15) is 0 Å². The van der Waals surface area contributed by atoms with Crippen molar-refractivity contribution in [1.82, 2.24) is 15.1 Å². The van der Waals surface area contributed by atoms with Crippen molar-refractivity contribution in [3.8, 4) is 0 Å². The quantitative estimate of drug-likeness (QED) is 0.768. The Balaban J connectivity index is 1.60. The van der Waals surface area contributed by atoms with Crippen molar-refractivity contribution in [2.45, 2.75) is 43.9 Å². The summed E-state index contributed by atoms with van der Waals surface area (Å²) in [7, 11) is 1.72. The number of fused-ring (bicyclic) bond motifs is 1. The summed E-state index contributed by atoms with van der Waals surface area (Å²) in [5.41, 5.74) is 0. The summed E-state index contributed by atoms with van der Waals surface area (Å²) in [6.07, 6.45) is 4.68. The molecule has 0 spiro atoms. The molecule has 3 atom stereocenters. The van der Waals surface area contributed by atoms with E-state index in [1.807, 2.05) is 0 Å². The molecule has 3 fully saturated rings. The lowest BCUT2D eigenvalue weighted by Gasteiger charge is -2.27. The Hall–Kier alpha value is -0.650. The molecule has 1 N–H and O–H groups in total. The van der Waals surface area contributed by atoms with Gasteiger partial charge in [0.25, 0.3) is 0 Å². The van der Waals surface area contributed by atoms with E-state index in [2.05, 4.69) is 15.1 Å². The SMILES string of the molecule is COC1CNC(C(=O)N2CCCN3CCCC3C2)C1. The van der Waals surface area contributed by atoms with Gasteiger partial charge in [-0.3, -0.25) is 9.69 Å². The maximum atomic E-state index is 12.6. The van der Waals surface area contributed by atoms with E-state index in [4.69, 9.17) is 4.74 Å². The third-order valence-corrected chi connectivity index (χ3v) is 4.84. The number of amides is 1. The molecule has 0 aromatic rings. The molecule has 3 heterocycles. The van der Waals surface area contributed by atoms with Gasteiger partial charge in [-0.05, 0) is 32.2 Å². The van der Waals surface area contributed by atoms with Gasteiger partial charge in [0.05, 0.1) is 12.1 Å². The first kappa shape index (κ1) is 13.3. The molecule has 0 bridgehead atoms. The number of nitrogens with zero attached hydrogens (tertiary/aromatic N) is 2. The molecule has 3 rings (SSSR count). The number of rotatable bonds is 2. The number of hydrogen-bond donors (Lipinski definition) is 1. The van der Waals surface area contributed by atoms with E-state index in [1.54, 1.807) is 7.11 Å². The maximum absolute atomic E-state index is 12.6. The van der Waals surface area contributed by atoms with Gasteiger partial charge in [-0.25, -0.2) is 0 Å². The van der Waals surface area contributed by atoms with Crippen LogP contribution in [0.2, 0.25) is 0 Å². The van der Waals surface area contributed by atoms with E-state index in [9.17, 15) is 4.79 Å². The highest BCUT2D eigenvalue weighted by Crippen LogP contribution is 2.22. The number of methoxy groups -OCH3 is 1. The fourth-order valence-corrected chi connectivity index (χ4v) is 3.70. The Morgan fingerprint density at radius 2 is 2.11 bits per heavy atom. The first-order valence-corrected chi connectivity index (χ1v) is 7.57. The smallest absolute Gasteiger partial charge is 0.239 e. The summed E-state index contributed by atoms with van der Waals surface area (Å²) in [6, 6.07) is 0.573. The molecule has 3 saturated heterocycles. The lowest BCUT2D eigenvalue weighted by molar-refractivity contribution is -0.133. The molecular weight excluding hydrogens is 242 g/mol. The summed E-state index contributed by atoms with van der Waals surface area (Å²) < 4.78 is 5.33. The largest absolute Gasteiger partial charge is 0.380 e. The van der Waals surface area contributed by atoms with E-state index >= 15 is 0 Å². The zero-order valence-corrected chi connectivity index (χ0v) is 11.8. The van der Waals surface area contributed by atoms with Crippen LogP contribution in [0.1, 0.15) is 25.7 Å². The fraction of sp³-hybridized carbons (Fsp3) is 0.929. The fourth-order valence-electron chi connectivity index (χ4n) is 3.70. The van der Waals surface area contributed by atoms with E-state index in [1.165, 1.54) is 19.4 Å². The van der Waals surface area contributed by atoms with E-state index in [-0.39, 0.29) is 18.1 Å². The lowest BCUT2D eigenvalue weighted by Crippen LogP contribution is -2.47. The summed E-state index contributed by atoms with van der Waals surface area (Å²) in [5, 5.41) is 3.30. The number of carbonyl (C=O) groups is 1. The number of nitrogens with one attached hydrogen (secondary N) is 1. The van der Waals surface area contributed by atoms with Gasteiger partial charge in [0.15, 0.2) is 0 Å². The molecule has 19 heavy (non-hydrogen) atoms. The van der Waals surface area contributed by atoms with Gasteiger partial charge in [0, 0.05) is 39.3 Å². The van der Waals surface area contributed by atoms with Crippen molar-refractivity contribution in [2.24, 2.45) is 0 Å². The van der Waals surface area contributed by atoms with Gasteiger partial charge in [-0.15, -0.1) is 0 Å². The van der Waals surface area contributed by atoms with Gasteiger partial charge >= 0.3 is 0 Å². The molecule has 0 aromatic carbocycles. The van der Waals surface area contributed by atoms with Crippen LogP contribution < -0.4 is 5.32 Å². The number of ether oxygens (including phenoxy) is 1. The second kappa shape index (κ2) is 5.77. The standard InChI is InChI=1S/C14H25N3O2/c1-19-12-8-13(15-9-12)14(18)17-7-3-6-16-5-2-4-11(16)10-17/h11-13,15H,2-10H2,1H3. The first-order valence-electron chi connectivity index (χ1n) is 7.57. The summed E-state index contributed by atoms with van der Waals surface area (Å²) >= 11 is 0. The Morgan fingerprint density at radius 3 is 2.89 bits per heavy atom. The molecule has 0 saturated carbocycles. The third-order valence-electron chi connectivity index (χ3n) is 4.84. The molecule has 3 unspecified atom stereocenters. The van der Waals surface area contributed by atoms with Gasteiger partial charge < -0.3 is 15.0 Å². The van der Waals surface area contributed by atoms with Crippen molar-refractivity contribution in [2.75, 3.05) is 39.8 Å². The highest BCUT2D eigenvalue weighted by Gasteiger charge is 2.36. The Morgan fingerprint density at radius 1 is 1.26 bits per heavy atom. The minimum absolute atomic E-state index is 0.0297. The molecule has 3 aliphatic heterocycles. The van der Waals surface area contributed by atoms with Crippen molar-refractivity contribution < 1.29 is 9.53 Å². The van der Waals surface area contributed by atoms with Crippen molar-refractivity contribution in [3.05, 3.63) is 0 Å². The monoisotopic (exact) mass is 267 g/mol. The zero-order valence-electron chi connectivity index (χ0n) is 11.8. The number of carbonyl (C=O) groups excluding carboxylic acids is 1. The predicted octanol–water partition coefficient (Wildman–Crippen LogP) is 0.0600. The summed E-state index contributed by atoms with van der Waals surface area (Å²) in [4.78, 5) is 17.2. The van der Waals surface area contributed by atoms with Crippen molar-refractivity contribution in [1.29, 1.82) is 0 Å². The van der Waals surface area contributed by atoms with Crippen LogP contribution in [0.25, 0.3) is 0 Å². The highest BCUT2D eigenvalue weighted by atomic mass is 16.5. The summed E-state index contributed by atoms with van der Waals surface area (Å²) in [5.74, 6) is 0.285. The molecule has 1 amide bonds. The third kappa shape index (κ3) is 2.78. The highest BCUT2D eigenvalue weighted by molar-refractivity contribution is 5.82. The molecule has 0 radical (unpaired) electrons. The van der Waals surface area contributed by atoms with Crippen LogP contribution in [0, 0.1) is 0 Å². The predicted molar refractivity (Wildman–Crippen MR) is 73.0 cm³/mol. The van der Waals surface area contributed by atoms with Crippen LogP contribution in [0.15, 0.2) is 0 Å². The number of hydrogen-bond acceptors (Lipinski definition) is 4. The Bertz CT molecular complexity index is 337. The minimum Gasteiger partial charge on any atom is -0.380 e. The van der Waals surface area contributed by atoms with E-state index < -0.39 is 0 Å². The minimum atomic E-state index is -0.0297. The van der Waals surface area contributed by atoms with Crippen LogP contribution in [-0.4, -0.2) is 73.7 Å². The van der Waals surface area contributed by atoms with Crippen LogP contribution in [0.4, 0.5) is 0 Å². The Kier molecular flexibility index (Phi) is 4.05. The van der Waals surface area contributed by atoms with Gasteiger partial charge in [-0.1, -0.05) is 0 Å². The van der Waals surface area contributed by atoms with Crippen molar-refractivity contribution in [3.63, 3.8) is 0 Å². The topological polar surface area (TPSA) is 44.8 Å². The van der Waals surface area contributed by atoms with Crippen LogP contribution in [0.3, 0.4) is 0 Å². The average Bonchev–Trinajstić information content (AvgIpc) is 3.03. The Labute approximate surface area is 115 Å². The molecule has 108 valence electrons. The second-order valence-corrected chi connectivity index (χ2v) is 6.02. The van der Waals surface area contributed by atoms with E-state index in [0.717, 1.165) is 39.0 Å². The van der Waals surface area contributed by atoms with Crippen molar-refractivity contribution >= 4 is 5.91 Å². The van der Waals surface area contributed by atoms with Gasteiger partial charge in [-0.2, -0.15) is 0 Å². The lowest BCUT2D eigenvalue weighted by atomic mass is 10.1. The van der Waals surface area contributed by atoms with Crippen LogP contribution >= 0.6 is 0 Å². The second-order valence-electron chi connectivity index (χ2n) is 6.02. The normalized spacial score (nSPS) is 36.3. The summed E-state index contributed by atoms with van der Waals surface area (Å²) in [6.45, 7) is 5.03. The molecule has 0 aromatic heterocycles. The molecule has 5 heteroatoms. The molecule has 3 aliphatic rings. The van der Waals surface area contributed by atoms with Gasteiger partial charge in [0.2, 0.25) is 5.91 Å².